The Hall–Kier alpha value is -2.12. The van der Waals surface area contributed by atoms with Crippen LogP contribution in [0.5, 0.6) is 0 Å². The number of nitrogens with zero attached hydrogens (tertiary/aromatic N) is 2. The molecule has 27 heavy (non-hydrogen) atoms. The van der Waals surface area contributed by atoms with Gasteiger partial charge in [-0.05, 0) is 50.5 Å². The van der Waals surface area contributed by atoms with Crippen LogP contribution in [-0.2, 0) is 4.79 Å². The fraction of sp³-hybridized carbons (Fsp3) is 0.526. The van der Waals surface area contributed by atoms with Crippen LogP contribution in [0.1, 0.15) is 35.7 Å². The number of carbonyl (C=O) groups is 3. The smallest absolute Gasteiger partial charge is 0.321 e. The molecule has 3 rings (SSSR count). The lowest BCUT2D eigenvalue weighted by atomic mass is 10.0. The van der Waals surface area contributed by atoms with Gasteiger partial charge < -0.3 is 20.4 Å². The number of ketones is 1. The minimum Gasteiger partial charge on any atom is -0.336 e. The molecule has 0 spiro atoms. The maximum absolute atomic E-state index is 12.6. The highest BCUT2D eigenvalue weighted by Crippen LogP contribution is 2.20. The van der Waals surface area contributed by atoms with Crippen LogP contribution in [0, 0.1) is 6.92 Å². The van der Waals surface area contributed by atoms with Crippen LogP contribution >= 0.6 is 12.4 Å². The Kier molecular flexibility index (Phi) is 7.21. The monoisotopic (exact) mass is 394 g/mol. The number of Topliss-reactive ketones (excluding diaryl/α,β-unsaturated/α-hetero) is 1. The first-order chi connectivity index (χ1) is 12.5. The van der Waals surface area contributed by atoms with Crippen LogP contribution in [0.3, 0.4) is 0 Å². The summed E-state index contributed by atoms with van der Waals surface area (Å²) in [7, 11) is 0. The Morgan fingerprint density at radius 1 is 1.26 bits per heavy atom. The fourth-order valence-electron chi connectivity index (χ4n) is 3.74. The molecule has 1 aromatic carbocycles. The van der Waals surface area contributed by atoms with E-state index >= 15 is 0 Å². The summed E-state index contributed by atoms with van der Waals surface area (Å²) >= 11 is 0. The van der Waals surface area contributed by atoms with Gasteiger partial charge in [-0.1, -0.05) is 0 Å². The van der Waals surface area contributed by atoms with E-state index in [1.54, 1.807) is 17.0 Å². The number of piperazine rings is 1. The van der Waals surface area contributed by atoms with E-state index in [1.165, 1.54) is 6.92 Å². The number of rotatable bonds is 3. The highest BCUT2D eigenvalue weighted by molar-refractivity contribution is 5.97. The molecule has 0 aromatic heterocycles. The molecule has 0 aliphatic carbocycles. The van der Waals surface area contributed by atoms with Gasteiger partial charge in [-0.2, -0.15) is 0 Å². The van der Waals surface area contributed by atoms with Crippen molar-refractivity contribution in [1.29, 1.82) is 0 Å². The van der Waals surface area contributed by atoms with Gasteiger partial charge in [0.15, 0.2) is 5.78 Å². The maximum Gasteiger partial charge on any atom is 0.321 e. The van der Waals surface area contributed by atoms with Gasteiger partial charge in [-0.25, -0.2) is 4.79 Å². The topological polar surface area (TPSA) is 81.8 Å². The number of anilines is 1. The number of urea groups is 1. The molecular formula is C19H27ClN4O3. The number of nitrogens with one attached hydrogen (secondary N) is 2. The van der Waals surface area contributed by atoms with Crippen molar-refractivity contribution in [2.45, 2.75) is 32.7 Å². The molecule has 7 nitrogen and oxygen atoms in total. The van der Waals surface area contributed by atoms with Gasteiger partial charge in [0.1, 0.15) is 0 Å². The summed E-state index contributed by atoms with van der Waals surface area (Å²) < 4.78 is 0. The van der Waals surface area contributed by atoms with E-state index in [0.29, 0.717) is 37.4 Å². The molecule has 0 saturated carbocycles. The normalized spacial score (nSPS) is 20.1. The minimum atomic E-state index is -0.160. The summed E-state index contributed by atoms with van der Waals surface area (Å²) in [6.07, 6.45) is 1.82. The SMILES string of the molecule is CC(=O)c1ccc(NC(=O)N2CCCC(N3CCNCC3=O)C2)cc1C.Cl. The zero-order chi connectivity index (χ0) is 18.7. The standard InChI is InChI=1S/C19H26N4O3.ClH/c1-13-10-15(5-6-17(13)14(2)24)21-19(26)22-8-3-4-16(12-22)23-9-7-20-11-18(23)25;/h5-6,10,16,20H,3-4,7-9,11-12H2,1-2H3,(H,21,26);1H. The second-order valence-corrected chi connectivity index (χ2v) is 7.02. The first-order valence-electron chi connectivity index (χ1n) is 9.13. The zero-order valence-corrected chi connectivity index (χ0v) is 16.6. The first-order valence-corrected chi connectivity index (χ1v) is 9.13. The summed E-state index contributed by atoms with van der Waals surface area (Å²) in [6, 6.07) is 5.24. The number of hydrogen-bond acceptors (Lipinski definition) is 4. The number of aryl methyl sites for hydroxylation is 1. The summed E-state index contributed by atoms with van der Waals surface area (Å²) in [4.78, 5) is 39.9. The molecule has 2 heterocycles. The number of piperidine rings is 1. The Bertz CT molecular complexity index is 725. The van der Waals surface area contributed by atoms with Crippen molar-refractivity contribution in [2.24, 2.45) is 0 Å². The number of likely N-dealkylation sites (tertiary alicyclic amines) is 1. The molecule has 2 N–H and O–H groups in total. The molecule has 0 radical (unpaired) electrons. The second-order valence-electron chi connectivity index (χ2n) is 7.02. The number of benzene rings is 1. The van der Waals surface area contributed by atoms with Crippen molar-refractivity contribution in [3.05, 3.63) is 29.3 Å². The number of halogens is 1. The average Bonchev–Trinajstić information content (AvgIpc) is 2.62. The third-order valence-electron chi connectivity index (χ3n) is 5.11. The van der Waals surface area contributed by atoms with Crippen molar-refractivity contribution in [3.63, 3.8) is 0 Å². The number of carbonyl (C=O) groups excluding carboxylic acids is 3. The van der Waals surface area contributed by atoms with Crippen LogP contribution < -0.4 is 10.6 Å². The number of hydrogen-bond donors (Lipinski definition) is 2. The molecule has 2 aliphatic heterocycles. The zero-order valence-electron chi connectivity index (χ0n) is 15.8. The Balaban J connectivity index is 0.00000261. The van der Waals surface area contributed by atoms with Crippen molar-refractivity contribution < 1.29 is 14.4 Å². The van der Waals surface area contributed by atoms with Gasteiger partial charge in [0.05, 0.1) is 6.54 Å². The van der Waals surface area contributed by atoms with Crippen molar-refractivity contribution in [1.82, 2.24) is 15.1 Å². The fourth-order valence-corrected chi connectivity index (χ4v) is 3.74. The third kappa shape index (κ3) is 4.99. The van der Waals surface area contributed by atoms with E-state index in [4.69, 9.17) is 0 Å². The Labute approximate surface area is 165 Å². The molecular weight excluding hydrogens is 368 g/mol. The van der Waals surface area contributed by atoms with E-state index < -0.39 is 0 Å². The molecule has 2 fully saturated rings. The van der Waals surface area contributed by atoms with Crippen molar-refractivity contribution in [2.75, 3.05) is 38.0 Å². The molecule has 2 aliphatic rings. The Morgan fingerprint density at radius 3 is 2.70 bits per heavy atom. The van der Waals surface area contributed by atoms with Gasteiger partial charge in [0.2, 0.25) is 5.91 Å². The largest absolute Gasteiger partial charge is 0.336 e. The molecule has 3 amide bonds. The average molecular weight is 395 g/mol. The highest BCUT2D eigenvalue weighted by atomic mass is 35.5. The lowest BCUT2D eigenvalue weighted by Crippen LogP contribution is -2.57. The van der Waals surface area contributed by atoms with Gasteiger partial charge >= 0.3 is 6.03 Å². The van der Waals surface area contributed by atoms with Crippen molar-refractivity contribution >= 4 is 35.8 Å². The predicted molar refractivity (Wildman–Crippen MR) is 107 cm³/mol. The van der Waals surface area contributed by atoms with Crippen LogP contribution in [0.2, 0.25) is 0 Å². The minimum absolute atomic E-state index is 0. The summed E-state index contributed by atoms with van der Waals surface area (Å²) in [5.74, 6) is 0.124. The summed E-state index contributed by atoms with van der Waals surface area (Å²) in [6.45, 7) is 6.52. The Morgan fingerprint density at radius 2 is 2.04 bits per heavy atom. The lowest BCUT2D eigenvalue weighted by molar-refractivity contribution is -0.135. The van der Waals surface area contributed by atoms with E-state index in [1.807, 2.05) is 17.9 Å². The lowest BCUT2D eigenvalue weighted by Gasteiger charge is -2.41. The van der Waals surface area contributed by atoms with Gasteiger partial charge in [0.25, 0.3) is 0 Å². The van der Waals surface area contributed by atoms with Crippen LogP contribution in [0.15, 0.2) is 18.2 Å². The second kappa shape index (κ2) is 9.19. The maximum atomic E-state index is 12.6. The van der Waals surface area contributed by atoms with E-state index in [9.17, 15) is 14.4 Å². The number of amides is 3. The van der Waals surface area contributed by atoms with Crippen molar-refractivity contribution in [3.8, 4) is 0 Å². The van der Waals surface area contributed by atoms with Gasteiger partial charge in [0, 0.05) is 43.5 Å². The predicted octanol–water partition coefficient (Wildman–Crippen LogP) is 2.05. The van der Waals surface area contributed by atoms with E-state index in [-0.39, 0.29) is 36.2 Å². The molecule has 8 heteroatoms. The third-order valence-corrected chi connectivity index (χ3v) is 5.11. The molecule has 2 saturated heterocycles. The van der Waals surface area contributed by atoms with Crippen LogP contribution in [0.25, 0.3) is 0 Å². The first kappa shape index (κ1) is 21.2. The van der Waals surface area contributed by atoms with E-state index in [0.717, 1.165) is 24.9 Å². The molecule has 1 atom stereocenters. The molecule has 1 unspecified atom stereocenters. The summed E-state index contributed by atoms with van der Waals surface area (Å²) in [5, 5.41) is 5.99. The van der Waals surface area contributed by atoms with E-state index in [2.05, 4.69) is 10.6 Å². The van der Waals surface area contributed by atoms with Gasteiger partial charge in [-0.3, -0.25) is 9.59 Å². The molecule has 1 aromatic rings. The van der Waals surface area contributed by atoms with Gasteiger partial charge in [-0.15, -0.1) is 12.4 Å². The highest BCUT2D eigenvalue weighted by Gasteiger charge is 2.31. The molecule has 0 bridgehead atoms. The quantitative estimate of drug-likeness (QED) is 0.769. The van der Waals surface area contributed by atoms with Crippen LogP contribution in [0.4, 0.5) is 10.5 Å². The molecule has 148 valence electrons. The summed E-state index contributed by atoms with van der Waals surface area (Å²) in [5.41, 5.74) is 2.19. The van der Waals surface area contributed by atoms with Crippen LogP contribution in [-0.4, -0.2) is 66.3 Å².